The molecule has 2 nitrogen and oxygen atoms in total. The predicted molar refractivity (Wildman–Crippen MR) is 48.4 cm³/mol. The van der Waals surface area contributed by atoms with Crippen molar-refractivity contribution in [2.24, 2.45) is 0 Å². The third-order valence-electron chi connectivity index (χ3n) is 1.78. The average molecular weight is 204 g/mol. The Morgan fingerprint density at radius 1 is 1.43 bits per heavy atom. The molecule has 6 heteroatoms. The average Bonchev–Trinajstić information content (AvgIpc) is 2.14. The summed E-state index contributed by atoms with van der Waals surface area (Å²) in [7, 11) is 1.39. The molecule has 14 heavy (non-hydrogen) atoms. The number of rotatable bonds is 4. The summed E-state index contributed by atoms with van der Waals surface area (Å²) in [6.45, 7) is -4.73. The highest BCUT2D eigenvalue weighted by molar-refractivity contribution is 6.58. The lowest BCUT2D eigenvalue weighted by Crippen LogP contribution is -2.15. The van der Waals surface area contributed by atoms with Crippen molar-refractivity contribution < 1.29 is 17.7 Å². The van der Waals surface area contributed by atoms with E-state index in [0.717, 1.165) is 0 Å². The molecule has 0 fully saturated rings. The van der Waals surface area contributed by atoms with Crippen molar-refractivity contribution in [1.82, 2.24) is 4.98 Å². The lowest BCUT2D eigenvalue weighted by atomic mass is 9.83. The quantitative estimate of drug-likeness (QED) is 0.702. The van der Waals surface area contributed by atoms with Gasteiger partial charge in [-0.2, -0.15) is 0 Å². The molecule has 0 aromatic carbocycles. The van der Waals surface area contributed by atoms with E-state index >= 15 is 0 Å². The number of hydrogen-bond donors (Lipinski definition) is 0. The fourth-order valence-corrected chi connectivity index (χ4v) is 1.12. The van der Waals surface area contributed by atoms with Gasteiger partial charge < -0.3 is 17.7 Å². The van der Waals surface area contributed by atoms with Gasteiger partial charge in [-0.25, -0.2) is 4.98 Å². The van der Waals surface area contributed by atoms with Gasteiger partial charge >= 0.3 is 6.98 Å². The molecule has 0 atom stereocenters. The fraction of sp³-hybridized carbons (Fsp3) is 0.375. The number of hydrogen-bond acceptors (Lipinski definition) is 2. The maximum Gasteiger partial charge on any atom is 0.478 e. The molecular weight excluding hydrogens is 194 g/mol. The Balaban J connectivity index is 2.67. The van der Waals surface area contributed by atoms with Crippen LogP contribution in [0.1, 0.15) is 5.56 Å². The maximum atomic E-state index is 12.0. The molecule has 0 aliphatic rings. The zero-order chi connectivity index (χ0) is 10.6. The third kappa shape index (κ3) is 3.28. The number of halogens is 3. The number of pyridine rings is 1. The molecule has 0 radical (unpaired) electrons. The smallest absolute Gasteiger partial charge is 0.478 e. The van der Waals surface area contributed by atoms with E-state index in [0.29, 0.717) is 5.56 Å². The second-order valence-electron chi connectivity index (χ2n) is 2.92. The van der Waals surface area contributed by atoms with E-state index in [-0.39, 0.29) is 12.3 Å². The molecule has 0 spiro atoms. The van der Waals surface area contributed by atoms with Gasteiger partial charge in [0.25, 0.3) is 0 Å². The van der Waals surface area contributed by atoms with Crippen molar-refractivity contribution in [3.05, 3.63) is 23.9 Å². The van der Waals surface area contributed by atoms with E-state index in [4.69, 9.17) is 4.74 Å². The highest BCUT2D eigenvalue weighted by Gasteiger charge is 2.22. The first-order chi connectivity index (χ1) is 6.53. The zero-order valence-electron chi connectivity index (χ0n) is 7.71. The van der Waals surface area contributed by atoms with Crippen LogP contribution in [0.15, 0.2) is 18.3 Å². The van der Waals surface area contributed by atoms with E-state index in [1.54, 1.807) is 12.1 Å². The molecule has 0 amide bonds. The second-order valence-corrected chi connectivity index (χ2v) is 2.92. The minimum absolute atomic E-state index is 0.0689. The number of aryl methyl sites for hydroxylation is 1. The summed E-state index contributed by atoms with van der Waals surface area (Å²) in [6.07, 6.45) is 0.629. The molecule has 0 aliphatic carbocycles. The summed E-state index contributed by atoms with van der Waals surface area (Å²) in [5.74, 6) is 0.271. The summed E-state index contributed by atoms with van der Waals surface area (Å²) in [5.41, 5.74) is 0.495. The van der Waals surface area contributed by atoms with Crippen LogP contribution in [0.2, 0.25) is 6.32 Å². The summed E-state index contributed by atoms with van der Waals surface area (Å²) in [6, 6.07) is 3.19. The van der Waals surface area contributed by atoms with Crippen molar-refractivity contribution in [3.63, 3.8) is 0 Å². The van der Waals surface area contributed by atoms with Gasteiger partial charge in [0.2, 0.25) is 5.88 Å². The Labute approximate surface area is 80.2 Å². The Hall–Kier alpha value is -1.20. The Morgan fingerprint density at radius 3 is 2.71 bits per heavy atom. The molecule has 0 bridgehead atoms. The third-order valence-corrected chi connectivity index (χ3v) is 1.78. The molecule has 78 valence electrons. The van der Waals surface area contributed by atoms with Crippen molar-refractivity contribution in [3.8, 4) is 5.88 Å². The van der Waals surface area contributed by atoms with E-state index in [2.05, 4.69) is 4.98 Å². The minimum atomic E-state index is -4.73. The number of ether oxygens (including phenoxy) is 1. The molecule has 0 saturated heterocycles. The normalized spacial score (nSPS) is 11.4. The molecule has 0 aliphatic heterocycles. The number of nitrogens with zero attached hydrogens (tertiary/aromatic N) is 1. The molecule has 0 saturated carbocycles. The second kappa shape index (κ2) is 4.35. The molecule has 0 unspecified atom stereocenters. The Morgan fingerprint density at radius 2 is 2.14 bits per heavy atom. The van der Waals surface area contributed by atoms with Crippen molar-refractivity contribution >= 4 is 6.98 Å². The van der Waals surface area contributed by atoms with Gasteiger partial charge in [-0.3, -0.25) is 0 Å². The molecule has 0 N–H and O–H groups in total. The maximum absolute atomic E-state index is 12.0. The predicted octanol–water partition coefficient (Wildman–Crippen LogP) is 2.48. The van der Waals surface area contributed by atoms with Crippen molar-refractivity contribution in [2.75, 3.05) is 7.11 Å². The number of aromatic nitrogens is 1. The van der Waals surface area contributed by atoms with E-state index in [1.807, 2.05) is 0 Å². The monoisotopic (exact) mass is 204 g/mol. The van der Waals surface area contributed by atoms with E-state index in [1.165, 1.54) is 13.3 Å². The van der Waals surface area contributed by atoms with Gasteiger partial charge in [0.15, 0.2) is 0 Å². The molecular formula is C8H10BF3NO-. The lowest BCUT2D eigenvalue weighted by Gasteiger charge is -2.13. The highest BCUT2D eigenvalue weighted by Crippen LogP contribution is 2.22. The van der Waals surface area contributed by atoms with Crippen molar-refractivity contribution in [1.29, 1.82) is 0 Å². The largest absolute Gasteiger partial charge is 0.481 e. The van der Waals surface area contributed by atoms with Crippen molar-refractivity contribution in [2.45, 2.75) is 12.7 Å². The summed E-state index contributed by atoms with van der Waals surface area (Å²) in [4.78, 5) is 3.82. The Bertz CT molecular complexity index is 303. The molecule has 1 rings (SSSR count). The van der Waals surface area contributed by atoms with Gasteiger partial charge in [-0.15, -0.1) is 0 Å². The van der Waals surface area contributed by atoms with Crippen LogP contribution >= 0.6 is 0 Å². The first-order valence-corrected chi connectivity index (χ1v) is 4.22. The summed E-state index contributed by atoms with van der Waals surface area (Å²) in [5, 5.41) is 0. The van der Waals surface area contributed by atoms with Crippen LogP contribution in [0.25, 0.3) is 0 Å². The molecule has 1 aromatic rings. The fourth-order valence-electron chi connectivity index (χ4n) is 1.12. The minimum Gasteiger partial charge on any atom is -0.481 e. The first kappa shape index (κ1) is 10.9. The van der Waals surface area contributed by atoms with Crippen LogP contribution < -0.4 is 4.74 Å². The van der Waals surface area contributed by atoms with Gasteiger partial charge in [0, 0.05) is 11.8 Å². The summed E-state index contributed by atoms with van der Waals surface area (Å²) >= 11 is 0. The standard InChI is InChI=1S/C8H10BF3NO/c1-14-8-7(3-2-6-13-8)4-5-9(10,11)12/h2-3,6H,4-5H2,1H3/q-1. The van der Waals surface area contributed by atoms with Gasteiger partial charge in [-0.1, -0.05) is 12.4 Å². The van der Waals surface area contributed by atoms with Crippen LogP contribution in [-0.4, -0.2) is 19.1 Å². The van der Waals surface area contributed by atoms with E-state index < -0.39 is 13.3 Å². The van der Waals surface area contributed by atoms with Crippen LogP contribution in [0.3, 0.4) is 0 Å². The highest BCUT2D eigenvalue weighted by atomic mass is 19.4. The topological polar surface area (TPSA) is 22.1 Å². The first-order valence-electron chi connectivity index (χ1n) is 4.22. The van der Waals surface area contributed by atoms with Gasteiger partial charge in [-0.05, 0) is 12.5 Å². The van der Waals surface area contributed by atoms with Crippen LogP contribution in [0.4, 0.5) is 12.9 Å². The Kier molecular flexibility index (Phi) is 3.38. The van der Waals surface area contributed by atoms with Gasteiger partial charge in [0.1, 0.15) is 0 Å². The summed E-state index contributed by atoms with van der Waals surface area (Å²) < 4.78 is 40.8. The van der Waals surface area contributed by atoms with E-state index in [9.17, 15) is 12.9 Å². The number of methoxy groups -OCH3 is 1. The molecule has 1 heterocycles. The molecule has 1 aromatic heterocycles. The van der Waals surface area contributed by atoms with Crippen LogP contribution in [0.5, 0.6) is 5.88 Å². The van der Waals surface area contributed by atoms with Crippen LogP contribution in [-0.2, 0) is 6.42 Å². The SMILES string of the molecule is COc1ncccc1CC[B-](F)(F)F. The van der Waals surface area contributed by atoms with Gasteiger partial charge in [0.05, 0.1) is 7.11 Å². The zero-order valence-corrected chi connectivity index (χ0v) is 7.71. The lowest BCUT2D eigenvalue weighted by molar-refractivity contribution is 0.392. The van der Waals surface area contributed by atoms with Crippen LogP contribution in [0, 0.1) is 0 Å².